The Morgan fingerprint density at radius 1 is 1.46 bits per heavy atom. The molecule has 1 aromatic rings. The number of aromatic nitrogens is 1. The van der Waals surface area contributed by atoms with Crippen LogP contribution in [0.1, 0.15) is 18.9 Å². The lowest BCUT2D eigenvalue weighted by Gasteiger charge is -2.48. The Balaban J connectivity index is 1.85. The van der Waals surface area contributed by atoms with E-state index in [1.165, 1.54) is 6.42 Å². The molecule has 0 spiro atoms. The van der Waals surface area contributed by atoms with Gasteiger partial charge in [0.25, 0.3) is 0 Å². The Kier molecular flexibility index (Phi) is 4.63. The van der Waals surface area contributed by atoms with E-state index in [0.717, 1.165) is 36.3 Å². The molecule has 0 aromatic carbocycles. The molecule has 1 aromatic heterocycles. The first-order chi connectivity index (χ1) is 11.7. The molecule has 3 aliphatic heterocycles. The maximum Gasteiger partial charge on any atom is 0.128 e. The predicted molar refractivity (Wildman–Crippen MR) is 95.9 cm³/mol. The minimum atomic E-state index is 0.303. The number of allylic oxidation sites excluding steroid dienone is 3. The van der Waals surface area contributed by atoms with Crippen molar-refractivity contribution < 1.29 is 0 Å². The second-order valence-electron chi connectivity index (χ2n) is 6.10. The highest BCUT2D eigenvalue weighted by molar-refractivity contribution is 5.91. The third-order valence-electron chi connectivity index (χ3n) is 4.65. The van der Waals surface area contributed by atoms with Crippen LogP contribution in [-0.2, 0) is 0 Å². The number of hydrogen-bond acceptors (Lipinski definition) is 6. The van der Waals surface area contributed by atoms with Crippen molar-refractivity contribution in [3.05, 3.63) is 41.2 Å². The first-order valence-electron chi connectivity index (χ1n) is 8.16. The molecule has 0 saturated carbocycles. The van der Waals surface area contributed by atoms with Gasteiger partial charge >= 0.3 is 0 Å². The van der Waals surface area contributed by atoms with Crippen molar-refractivity contribution in [2.24, 2.45) is 0 Å². The summed E-state index contributed by atoms with van der Waals surface area (Å²) in [5, 5.41) is 23.2. The minimum Gasteiger partial charge on any atom is -0.387 e. The van der Waals surface area contributed by atoms with Crippen LogP contribution in [0.25, 0.3) is 5.57 Å². The maximum atomic E-state index is 9.21. The zero-order chi connectivity index (χ0) is 17.1. The monoisotopic (exact) mass is 322 g/mol. The second kappa shape index (κ2) is 6.85. The lowest BCUT2D eigenvalue weighted by atomic mass is 9.91. The zero-order valence-corrected chi connectivity index (χ0v) is 14.0. The van der Waals surface area contributed by atoms with E-state index in [1.807, 2.05) is 31.3 Å². The fourth-order valence-corrected chi connectivity index (χ4v) is 3.46. The SMILES string of the molecule is C/C=C(\C(NC)=C(/C#N)C=N)c1ccc(N2CC3CC(C2)N3)nc1. The van der Waals surface area contributed by atoms with Crippen LogP contribution in [0.3, 0.4) is 0 Å². The number of fused-ring (bicyclic) bond motifs is 2. The molecule has 0 amide bonds. The summed E-state index contributed by atoms with van der Waals surface area (Å²) in [7, 11) is 1.76. The van der Waals surface area contributed by atoms with E-state index < -0.39 is 0 Å². The summed E-state index contributed by atoms with van der Waals surface area (Å²) in [6.45, 7) is 3.93. The number of nitrogens with zero attached hydrogens (tertiary/aromatic N) is 3. The Bertz CT molecular complexity index is 709. The molecular formula is C18H22N6. The van der Waals surface area contributed by atoms with E-state index in [4.69, 9.17) is 5.41 Å². The molecule has 124 valence electrons. The van der Waals surface area contributed by atoms with E-state index in [9.17, 15) is 5.26 Å². The Morgan fingerprint density at radius 3 is 2.62 bits per heavy atom. The summed E-state index contributed by atoms with van der Waals surface area (Å²) in [5.41, 5.74) is 2.75. The molecule has 0 aliphatic carbocycles. The molecule has 3 N–H and O–H groups in total. The molecule has 3 fully saturated rings. The van der Waals surface area contributed by atoms with Crippen molar-refractivity contribution in [3.8, 4) is 6.07 Å². The number of piperazine rings is 1. The van der Waals surface area contributed by atoms with Crippen molar-refractivity contribution in [3.63, 3.8) is 0 Å². The van der Waals surface area contributed by atoms with Crippen LogP contribution in [0.4, 0.5) is 5.82 Å². The molecule has 3 aliphatic rings. The molecule has 2 unspecified atom stereocenters. The number of nitrogens with one attached hydrogen (secondary N) is 3. The van der Waals surface area contributed by atoms with E-state index in [-0.39, 0.29) is 0 Å². The van der Waals surface area contributed by atoms with Gasteiger partial charge in [0.15, 0.2) is 0 Å². The topological polar surface area (TPSA) is 87.8 Å². The van der Waals surface area contributed by atoms with Gasteiger partial charge in [-0.3, -0.25) is 0 Å². The number of likely N-dealkylation sites (N-methyl/N-ethyl adjacent to an activating group) is 1. The van der Waals surface area contributed by atoms with Gasteiger partial charge in [-0.25, -0.2) is 4.98 Å². The standard InChI is InChI=1S/C18H22N6/c1-3-16(18(21-2)13(7-19)8-20)12-4-5-17(22-9-12)24-10-14-6-15(11-24)23-14/h3-5,7,9,14-15,19,21,23H,6,10-11H2,1-2H3/b16-3-,18-13+,19-7?. The van der Waals surface area contributed by atoms with Gasteiger partial charge in [0.05, 0.1) is 11.3 Å². The van der Waals surface area contributed by atoms with Crippen molar-refractivity contribution in [2.75, 3.05) is 25.0 Å². The van der Waals surface area contributed by atoms with Crippen molar-refractivity contribution in [1.82, 2.24) is 15.6 Å². The van der Waals surface area contributed by atoms with Gasteiger partial charge in [-0.05, 0) is 25.5 Å². The van der Waals surface area contributed by atoms with Gasteiger partial charge in [-0.2, -0.15) is 5.26 Å². The quantitative estimate of drug-likeness (QED) is 0.436. The van der Waals surface area contributed by atoms with Crippen molar-refractivity contribution in [1.29, 1.82) is 10.7 Å². The highest BCUT2D eigenvalue weighted by Gasteiger charge is 2.36. The third kappa shape index (κ3) is 2.91. The van der Waals surface area contributed by atoms with E-state index in [1.54, 1.807) is 7.05 Å². The van der Waals surface area contributed by atoms with Crippen LogP contribution >= 0.6 is 0 Å². The Morgan fingerprint density at radius 2 is 2.17 bits per heavy atom. The van der Waals surface area contributed by atoms with Crippen molar-refractivity contribution in [2.45, 2.75) is 25.4 Å². The maximum absolute atomic E-state index is 9.21. The first kappa shape index (κ1) is 16.2. The summed E-state index contributed by atoms with van der Waals surface area (Å²) in [5.74, 6) is 0.993. The summed E-state index contributed by atoms with van der Waals surface area (Å²) in [6, 6.07) is 7.32. The molecule has 3 saturated heterocycles. The molecule has 4 heterocycles. The number of nitriles is 1. The summed E-state index contributed by atoms with van der Waals surface area (Å²) in [6.07, 6.45) is 6.12. The highest BCUT2D eigenvalue weighted by Crippen LogP contribution is 2.27. The average Bonchev–Trinajstić information content (AvgIpc) is 2.62. The fourth-order valence-electron chi connectivity index (χ4n) is 3.46. The Labute approximate surface area is 142 Å². The number of anilines is 1. The van der Waals surface area contributed by atoms with Gasteiger partial charge < -0.3 is 20.9 Å². The molecule has 4 rings (SSSR count). The van der Waals surface area contributed by atoms with Gasteiger partial charge in [0.2, 0.25) is 0 Å². The zero-order valence-electron chi connectivity index (χ0n) is 14.0. The number of rotatable bonds is 5. The molecule has 6 nitrogen and oxygen atoms in total. The predicted octanol–water partition coefficient (Wildman–Crippen LogP) is 1.68. The van der Waals surface area contributed by atoms with Gasteiger partial charge in [-0.15, -0.1) is 0 Å². The fraction of sp³-hybridized carbons (Fsp3) is 0.389. The van der Waals surface area contributed by atoms with E-state index >= 15 is 0 Å². The van der Waals surface area contributed by atoms with E-state index in [2.05, 4.69) is 26.6 Å². The van der Waals surface area contributed by atoms with E-state index in [0.29, 0.717) is 23.4 Å². The molecular weight excluding hydrogens is 300 g/mol. The van der Waals surface area contributed by atoms with Crippen LogP contribution in [0.2, 0.25) is 0 Å². The summed E-state index contributed by atoms with van der Waals surface area (Å²) < 4.78 is 0. The largest absolute Gasteiger partial charge is 0.387 e. The normalized spacial score (nSPS) is 23.7. The second-order valence-corrected chi connectivity index (χ2v) is 6.10. The summed E-state index contributed by atoms with van der Waals surface area (Å²) >= 11 is 0. The third-order valence-corrected chi connectivity index (χ3v) is 4.65. The first-order valence-corrected chi connectivity index (χ1v) is 8.16. The van der Waals surface area contributed by atoms with Crippen LogP contribution in [-0.4, -0.2) is 43.4 Å². The molecule has 24 heavy (non-hydrogen) atoms. The van der Waals surface area contributed by atoms with Gasteiger partial charge in [-0.1, -0.05) is 6.08 Å². The van der Waals surface area contributed by atoms with Crippen LogP contribution in [0, 0.1) is 16.7 Å². The molecule has 0 radical (unpaired) electrons. The number of piperidine rings is 1. The lowest BCUT2D eigenvalue weighted by Crippen LogP contribution is -2.67. The van der Waals surface area contributed by atoms with Crippen LogP contribution in [0.15, 0.2) is 35.7 Å². The average molecular weight is 322 g/mol. The van der Waals surface area contributed by atoms with Crippen LogP contribution in [0.5, 0.6) is 0 Å². The number of hydrogen-bond donors (Lipinski definition) is 3. The van der Waals surface area contributed by atoms with Crippen LogP contribution < -0.4 is 15.5 Å². The molecule has 2 atom stereocenters. The summed E-state index contributed by atoms with van der Waals surface area (Å²) in [4.78, 5) is 6.94. The smallest absolute Gasteiger partial charge is 0.128 e. The van der Waals surface area contributed by atoms with Gasteiger partial charge in [0, 0.05) is 55.8 Å². The molecule has 6 heteroatoms. The Hall–Kier alpha value is -2.65. The molecule has 2 bridgehead atoms. The highest BCUT2D eigenvalue weighted by atomic mass is 15.3. The minimum absolute atomic E-state index is 0.303. The van der Waals surface area contributed by atoms with Gasteiger partial charge in [0.1, 0.15) is 11.9 Å². The lowest BCUT2D eigenvalue weighted by molar-refractivity contribution is 0.225. The number of pyridine rings is 1. The van der Waals surface area contributed by atoms with Crippen molar-refractivity contribution >= 4 is 17.6 Å².